The van der Waals surface area contributed by atoms with Crippen LogP contribution in [0.2, 0.25) is 0 Å². The van der Waals surface area contributed by atoms with Crippen molar-refractivity contribution in [2.45, 2.75) is 73.3 Å². The van der Waals surface area contributed by atoms with Gasteiger partial charge in [0.15, 0.2) is 6.10 Å². The summed E-state index contributed by atoms with van der Waals surface area (Å²) in [6, 6.07) is -5.66. The van der Waals surface area contributed by atoms with Gasteiger partial charge >= 0.3 is 11.9 Å². The Labute approximate surface area is 289 Å². The normalized spacial score (nSPS) is 30.8. The third-order valence-corrected chi connectivity index (χ3v) is 8.23. The summed E-state index contributed by atoms with van der Waals surface area (Å²) < 4.78 is 0. The number of aliphatic hydroxyl groups excluding tert-OH is 11. The van der Waals surface area contributed by atoms with Gasteiger partial charge < -0.3 is 87.1 Å². The number of carbonyl (C=O) groups is 4. The Morgan fingerprint density at radius 1 is 0.627 bits per heavy atom. The fraction of sp³-hybridized carbons (Fsp3) is 0.769. The van der Waals surface area contributed by atoms with E-state index in [2.05, 4.69) is 9.98 Å². The molecular weight excluding hydrogens is 696 g/mol. The topological polar surface area (TPSA) is 399 Å². The van der Waals surface area contributed by atoms with Gasteiger partial charge in [-0.05, 0) is 0 Å². The molecule has 0 aromatic rings. The van der Waals surface area contributed by atoms with Crippen LogP contribution in [-0.4, -0.2) is 232 Å². The van der Waals surface area contributed by atoms with Gasteiger partial charge in [0, 0.05) is 14.1 Å². The zero-order valence-electron chi connectivity index (χ0n) is 27.5. The van der Waals surface area contributed by atoms with Crippen molar-refractivity contribution in [3.8, 4) is 0 Å². The van der Waals surface area contributed by atoms with Crippen LogP contribution in [0.5, 0.6) is 0 Å². The van der Waals surface area contributed by atoms with Crippen molar-refractivity contribution >= 4 is 35.7 Å². The highest BCUT2D eigenvalue weighted by molar-refractivity contribution is 5.87. The lowest BCUT2D eigenvalue weighted by atomic mass is 9.88. The van der Waals surface area contributed by atoms with Crippen molar-refractivity contribution in [1.29, 1.82) is 0 Å². The van der Waals surface area contributed by atoms with E-state index in [9.17, 15) is 75.3 Å². The number of nitrogens with two attached hydrogens (primary N) is 2. The maximum absolute atomic E-state index is 12.8. The summed E-state index contributed by atoms with van der Waals surface area (Å²) in [5.74, 6) is -5.84. The molecule has 2 fully saturated rings. The smallest absolute Gasteiger partial charge is 0.361 e. The first-order valence-corrected chi connectivity index (χ1v) is 15.2. The Hall–Kier alpha value is -4.02. The summed E-state index contributed by atoms with van der Waals surface area (Å²) in [5, 5.41) is 110. The maximum atomic E-state index is 12.8. The largest absolute Gasteiger partial charge is 0.394 e. The van der Waals surface area contributed by atoms with Gasteiger partial charge in [-0.25, -0.2) is 19.6 Å². The number of hydrogen-bond acceptors (Lipinski definition) is 19. The molecule has 2 saturated heterocycles. The molecule has 51 heavy (non-hydrogen) atoms. The highest BCUT2D eigenvalue weighted by Crippen LogP contribution is 2.26. The first-order valence-electron chi connectivity index (χ1n) is 15.2. The lowest BCUT2D eigenvalue weighted by molar-refractivity contribution is -0.187. The minimum atomic E-state index is -2.15. The molecule has 2 heterocycles. The van der Waals surface area contributed by atoms with Gasteiger partial charge in [-0.2, -0.15) is 10.1 Å². The number of hydrogen-bond donors (Lipinski definition) is 13. The van der Waals surface area contributed by atoms with E-state index in [1.165, 1.54) is 0 Å². The number of piperidine rings is 2. The molecule has 2 aliphatic heterocycles. The molecule has 0 radical (unpaired) electrons. The highest BCUT2D eigenvalue weighted by Gasteiger charge is 2.50. The second kappa shape index (κ2) is 19.0. The molecule has 0 aliphatic carbocycles. The average molecular weight is 743 g/mol. The monoisotopic (exact) mass is 742 g/mol. The van der Waals surface area contributed by atoms with Crippen molar-refractivity contribution in [2.75, 3.05) is 53.6 Å². The summed E-state index contributed by atoms with van der Waals surface area (Å²) in [6.07, 6.45) is -13.8. The first-order chi connectivity index (χ1) is 23.9. The molecule has 2 rings (SSSR count). The van der Waals surface area contributed by atoms with E-state index in [0.717, 1.165) is 23.9 Å². The van der Waals surface area contributed by atoms with Crippen LogP contribution in [0, 0.1) is 0 Å². The van der Waals surface area contributed by atoms with Crippen LogP contribution in [0.3, 0.4) is 0 Å². The number of nitrogens with zero attached hydrogens (tertiary/aromatic N) is 6. The van der Waals surface area contributed by atoms with Crippen LogP contribution in [0.15, 0.2) is 9.98 Å². The van der Waals surface area contributed by atoms with Gasteiger partial charge in [0.2, 0.25) is 23.7 Å². The fourth-order valence-electron chi connectivity index (χ4n) is 5.37. The zero-order chi connectivity index (χ0) is 38.9. The van der Waals surface area contributed by atoms with Crippen molar-refractivity contribution in [1.82, 2.24) is 19.9 Å². The number of aliphatic imine (C=N–C) groups is 2. The number of likely N-dealkylation sites (tertiary alicyclic amines) is 2. The van der Waals surface area contributed by atoms with Crippen LogP contribution < -0.4 is 11.5 Å². The molecule has 0 saturated carbocycles. The minimum Gasteiger partial charge on any atom is -0.394 e. The lowest BCUT2D eigenvalue weighted by Crippen LogP contribution is -2.69. The van der Waals surface area contributed by atoms with E-state index < -0.39 is 149 Å². The van der Waals surface area contributed by atoms with Gasteiger partial charge in [-0.3, -0.25) is 9.59 Å². The highest BCUT2D eigenvalue weighted by atomic mass is 16.7. The van der Waals surface area contributed by atoms with Crippen LogP contribution >= 0.6 is 0 Å². The summed E-state index contributed by atoms with van der Waals surface area (Å²) in [5.41, 5.74) is 11.4. The Balaban J connectivity index is 1.93. The molecule has 0 aromatic heterocycles. The Morgan fingerprint density at radius 2 is 0.941 bits per heavy atom. The first kappa shape index (κ1) is 43.1. The average Bonchev–Trinajstić information content (AvgIpc) is 3.09. The molecule has 25 nitrogen and oxygen atoms in total. The number of hydroxylamine groups is 4. The molecular formula is C26H46N8O17. The number of carbonyl (C=O) groups excluding carboxylic acids is 4. The number of amides is 2. The predicted octanol–water partition coefficient (Wildman–Crippen LogP) is -10.6. The molecule has 2 amide bonds. The van der Waals surface area contributed by atoms with Crippen LogP contribution in [0.25, 0.3) is 0 Å². The number of rotatable bonds is 11. The van der Waals surface area contributed by atoms with E-state index >= 15 is 0 Å². The molecule has 15 N–H and O–H groups in total. The van der Waals surface area contributed by atoms with Crippen LogP contribution in [0.1, 0.15) is 6.42 Å². The van der Waals surface area contributed by atoms with E-state index in [0.29, 0.717) is 10.1 Å². The summed E-state index contributed by atoms with van der Waals surface area (Å²) >= 11 is 0. The van der Waals surface area contributed by atoms with E-state index in [4.69, 9.17) is 21.1 Å². The van der Waals surface area contributed by atoms with Gasteiger partial charge in [0.1, 0.15) is 49.7 Å². The van der Waals surface area contributed by atoms with Crippen LogP contribution in [-0.2, 0) is 28.9 Å². The van der Waals surface area contributed by atoms with Crippen molar-refractivity contribution < 1.29 is 85.0 Å². The zero-order valence-corrected chi connectivity index (χ0v) is 27.5. The molecule has 1 unspecified atom stereocenters. The Morgan fingerprint density at radius 3 is 1.25 bits per heavy atom. The molecule has 0 aromatic carbocycles. The van der Waals surface area contributed by atoms with Gasteiger partial charge in [-0.1, -0.05) is 0 Å². The molecule has 0 bridgehead atoms. The summed E-state index contributed by atoms with van der Waals surface area (Å²) in [6.45, 7) is -5.01. The van der Waals surface area contributed by atoms with Gasteiger partial charge in [0.25, 0.3) is 0 Å². The fourth-order valence-corrected chi connectivity index (χ4v) is 5.37. The molecule has 2 aliphatic rings. The van der Waals surface area contributed by atoms with Crippen molar-refractivity contribution in [3.63, 3.8) is 0 Å². The van der Waals surface area contributed by atoms with Crippen molar-refractivity contribution in [2.24, 2.45) is 21.5 Å². The minimum absolute atomic E-state index is 0.512. The quantitative estimate of drug-likeness (QED) is 0.0531. The van der Waals surface area contributed by atoms with Gasteiger partial charge in [0.05, 0.1) is 57.0 Å². The standard InChI is InChI=1S/C26H46N8O17/c1-31(25(27)29-4-15(40)33-10(6-35)18(43)22(47)19(44)11(33)7-36)50-17(42)3-14(39)24(49)51-32(2)26(28)30-5-16(41)34-12(8-37)20(45)23(48)21(46)13(34)9-38/h10-14,18-23,35-39,43-48H,3-9H2,1-2H3,(H2,27,29)(H2,28,30)/t10-,11-,12-,13-,14?,18-,19-,20-,21-/m1/s1. The van der Waals surface area contributed by atoms with Gasteiger partial charge in [-0.15, -0.1) is 0 Å². The third-order valence-electron chi connectivity index (χ3n) is 8.23. The maximum Gasteiger partial charge on any atom is 0.361 e. The van der Waals surface area contributed by atoms with Crippen molar-refractivity contribution in [3.05, 3.63) is 0 Å². The molecule has 25 heteroatoms. The third kappa shape index (κ3) is 10.1. The Kier molecular flexibility index (Phi) is 16.1. The second-order valence-electron chi connectivity index (χ2n) is 11.5. The molecule has 292 valence electrons. The van der Waals surface area contributed by atoms with E-state index in [1.807, 2.05) is 0 Å². The second-order valence-corrected chi connectivity index (χ2v) is 11.5. The number of aliphatic hydroxyl groups is 11. The SMILES string of the molecule is CN(OC(=O)CC(O)C(=O)ON(C)C(N)=NCC(=O)N1[C@H](CO)[C@@H](O)C(O)[C@H](O)[C@H]1CO)C(N)=NCC(=O)N1[C@H](CO)[C@@H](O)C(O)[C@H](O)[C@H]1CO. The summed E-state index contributed by atoms with van der Waals surface area (Å²) in [4.78, 5) is 68.8. The Bertz CT molecular complexity index is 1240. The number of guanidine groups is 2. The predicted molar refractivity (Wildman–Crippen MR) is 165 cm³/mol. The molecule has 9 atom stereocenters. The summed E-state index contributed by atoms with van der Waals surface area (Å²) in [7, 11) is 2.10. The molecule has 0 spiro atoms. The van der Waals surface area contributed by atoms with E-state index in [-0.39, 0.29) is 0 Å². The van der Waals surface area contributed by atoms with Crippen LogP contribution in [0.4, 0.5) is 0 Å². The van der Waals surface area contributed by atoms with E-state index in [1.54, 1.807) is 0 Å². The lowest BCUT2D eigenvalue weighted by Gasteiger charge is -2.48.